The van der Waals surface area contributed by atoms with E-state index in [1.807, 2.05) is 0 Å². The molecule has 11 heteroatoms. The highest BCUT2D eigenvalue weighted by Crippen LogP contribution is 2.28. The Morgan fingerprint density at radius 3 is 2.52 bits per heavy atom. The fraction of sp³-hybridized carbons (Fsp3) is 0.0909. The number of aromatic nitrogens is 2. The van der Waals surface area contributed by atoms with Crippen LogP contribution in [0.2, 0.25) is 0 Å². The van der Waals surface area contributed by atoms with Crippen molar-refractivity contribution in [2.45, 2.75) is 13.2 Å². The molecule has 3 N–H and O–H groups in total. The van der Waals surface area contributed by atoms with Crippen LogP contribution in [0.15, 0.2) is 60.7 Å². The Balaban J connectivity index is 1.44. The molecule has 33 heavy (non-hydrogen) atoms. The van der Waals surface area contributed by atoms with Crippen molar-refractivity contribution in [1.82, 2.24) is 10.2 Å². The highest BCUT2D eigenvalue weighted by Gasteiger charge is 2.15. The first-order valence-corrected chi connectivity index (χ1v) is 9.56. The van der Waals surface area contributed by atoms with Gasteiger partial charge < -0.3 is 14.8 Å². The number of amides is 2. The van der Waals surface area contributed by atoms with E-state index < -0.39 is 24.3 Å². The number of H-pyrrole nitrogens is 1. The molecule has 0 radical (unpaired) electrons. The molecule has 0 saturated carbocycles. The third kappa shape index (κ3) is 5.14. The number of nitrogens with zero attached hydrogens (tertiary/aromatic N) is 1. The molecular formula is C22H16F4N4O3. The van der Waals surface area contributed by atoms with E-state index in [-0.39, 0.29) is 29.4 Å². The largest absolute Gasteiger partial charge is 0.489 e. The summed E-state index contributed by atoms with van der Waals surface area (Å²) in [6.45, 7) is -3.36. The second-order valence-electron chi connectivity index (χ2n) is 6.72. The van der Waals surface area contributed by atoms with Crippen molar-refractivity contribution in [3.05, 3.63) is 77.9 Å². The van der Waals surface area contributed by atoms with Crippen LogP contribution in [0.5, 0.6) is 11.5 Å². The molecule has 3 aromatic carbocycles. The molecule has 1 aromatic heterocycles. The molecule has 1 heterocycles. The number of carbonyl (C=O) groups excluding carboxylic acids is 1. The van der Waals surface area contributed by atoms with Crippen molar-refractivity contribution < 1.29 is 31.8 Å². The number of halogens is 4. The van der Waals surface area contributed by atoms with Crippen molar-refractivity contribution in [3.63, 3.8) is 0 Å². The molecule has 4 aromatic rings. The van der Waals surface area contributed by atoms with Crippen LogP contribution in [0.3, 0.4) is 0 Å². The van der Waals surface area contributed by atoms with Gasteiger partial charge in [0.2, 0.25) is 0 Å². The number of para-hydroxylation sites is 2. The van der Waals surface area contributed by atoms with Gasteiger partial charge in [-0.2, -0.15) is 13.9 Å². The van der Waals surface area contributed by atoms with Gasteiger partial charge >= 0.3 is 12.6 Å². The Morgan fingerprint density at radius 2 is 1.76 bits per heavy atom. The maximum Gasteiger partial charge on any atom is 0.387 e. The molecule has 0 atom stereocenters. The van der Waals surface area contributed by atoms with Crippen molar-refractivity contribution in [2.24, 2.45) is 0 Å². The summed E-state index contributed by atoms with van der Waals surface area (Å²) in [4.78, 5) is 12.3. The number of ether oxygens (including phenoxy) is 2. The zero-order valence-corrected chi connectivity index (χ0v) is 16.7. The van der Waals surface area contributed by atoms with E-state index in [0.717, 1.165) is 12.1 Å². The number of hydrogen-bond acceptors (Lipinski definition) is 4. The lowest BCUT2D eigenvalue weighted by molar-refractivity contribution is -0.0493. The van der Waals surface area contributed by atoms with Gasteiger partial charge in [0.15, 0.2) is 5.82 Å². The van der Waals surface area contributed by atoms with E-state index in [1.54, 1.807) is 24.3 Å². The van der Waals surface area contributed by atoms with E-state index in [9.17, 15) is 22.4 Å². The second-order valence-corrected chi connectivity index (χ2v) is 6.72. The number of aromatic amines is 1. The Kier molecular flexibility index (Phi) is 6.29. The lowest BCUT2D eigenvalue weighted by Crippen LogP contribution is -2.20. The lowest BCUT2D eigenvalue weighted by atomic mass is 10.2. The second kappa shape index (κ2) is 9.47. The Bertz CT molecular complexity index is 1280. The summed E-state index contributed by atoms with van der Waals surface area (Å²) in [5, 5.41) is 12.2. The molecule has 0 unspecified atom stereocenters. The number of urea groups is 1. The van der Waals surface area contributed by atoms with Gasteiger partial charge in [-0.25, -0.2) is 13.6 Å². The number of nitrogens with one attached hydrogen (secondary N) is 3. The predicted octanol–water partition coefficient (Wildman–Crippen LogP) is 5.67. The molecule has 7 nitrogen and oxygen atoms in total. The molecule has 0 fully saturated rings. The van der Waals surface area contributed by atoms with Crippen LogP contribution in [0.4, 0.5) is 33.9 Å². The molecule has 2 amide bonds. The summed E-state index contributed by atoms with van der Waals surface area (Å²) in [7, 11) is 0. The normalized spacial score (nSPS) is 10.9. The molecule has 0 aliphatic rings. The fourth-order valence-corrected chi connectivity index (χ4v) is 3.04. The molecule has 0 aliphatic carbocycles. The highest BCUT2D eigenvalue weighted by molar-refractivity contribution is 6.05. The van der Waals surface area contributed by atoms with Gasteiger partial charge in [-0.1, -0.05) is 18.2 Å². The van der Waals surface area contributed by atoms with E-state index in [2.05, 4.69) is 25.6 Å². The third-order valence-electron chi connectivity index (χ3n) is 4.56. The average molecular weight is 460 g/mol. The molecule has 4 rings (SSSR count). The van der Waals surface area contributed by atoms with Gasteiger partial charge in [0, 0.05) is 11.5 Å². The van der Waals surface area contributed by atoms with Gasteiger partial charge in [-0.3, -0.25) is 10.4 Å². The molecular weight excluding hydrogens is 444 g/mol. The van der Waals surface area contributed by atoms with Crippen LogP contribution in [0.25, 0.3) is 10.9 Å². The van der Waals surface area contributed by atoms with Crippen molar-refractivity contribution in [3.8, 4) is 11.5 Å². The minimum absolute atomic E-state index is 0.0474. The zero-order chi connectivity index (χ0) is 23.4. The van der Waals surface area contributed by atoms with Gasteiger partial charge in [-0.05, 0) is 36.4 Å². The molecule has 0 aliphatic heterocycles. The summed E-state index contributed by atoms with van der Waals surface area (Å²) in [6.07, 6.45) is 0. The van der Waals surface area contributed by atoms with Crippen LogP contribution >= 0.6 is 0 Å². The van der Waals surface area contributed by atoms with Gasteiger partial charge in [-0.15, -0.1) is 0 Å². The highest BCUT2D eigenvalue weighted by atomic mass is 19.3. The summed E-state index contributed by atoms with van der Waals surface area (Å²) in [5.74, 6) is -1.13. The van der Waals surface area contributed by atoms with Crippen molar-refractivity contribution >= 4 is 28.4 Å². The predicted molar refractivity (Wildman–Crippen MR) is 112 cm³/mol. The van der Waals surface area contributed by atoms with Crippen molar-refractivity contribution in [2.75, 3.05) is 10.6 Å². The van der Waals surface area contributed by atoms with E-state index in [4.69, 9.17) is 4.74 Å². The molecule has 0 saturated heterocycles. The van der Waals surface area contributed by atoms with Gasteiger partial charge in [0.25, 0.3) is 0 Å². The zero-order valence-electron chi connectivity index (χ0n) is 16.7. The summed E-state index contributed by atoms with van der Waals surface area (Å²) in [6, 6.07) is 13.2. The van der Waals surface area contributed by atoms with E-state index in [1.165, 1.54) is 24.3 Å². The maximum absolute atomic E-state index is 13.7. The third-order valence-corrected chi connectivity index (χ3v) is 4.56. The Morgan fingerprint density at radius 1 is 1.00 bits per heavy atom. The lowest BCUT2D eigenvalue weighted by Gasteiger charge is -2.11. The first-order valence-electron chi connectivity index (χ1n) is 9.56. The number of hydrogen-bond donors (Lipinski definition) is 3. The van der Waals surface area contributed by atoms with Crippen LogP contribution in [0.1, 0.15) is 5.56 Å². The van der Waals surface area contributed by atoms with Gasteiger partial charge in [0.05, 0.1) is 16.8 Å². The van der Waals surface area contributed by atoms with Crippen LogP contribution in [-0.4, -0.2) is 22.8 Å². The maximum atomic E-state index is 13.7. The minimum atomic E-state index is -3.04. The SMILES string of the molecule is O=C(Nc1ccccc1OC(F)F)Nc1n[nH]c2cc(OCc3c(F)cccc3F)ccc12. The molecule has 170 valence electrons. The summed E-state index contributed by atoms with van der Waals surface area (Å²) in [5.41, 5.74) is 0.335. The summed E-state index contributed by atoms with van der Waals surface area (Å²) >= 11 is 0. The number of benzene rings is 3. The minimum Gasteiger partial charge on any atom is -0.489 e. The smallest absolute Gasteiger partial charge is 0.387 e. The number of anilines is 2. The van der Waals surface area contributed by atoms with Gasteiger partial charge in [0.1, 0.15) is 29.7 Å². The fourth-order valence-electron chi connectivity index (χ4n) is 3.04. The number of rotatable bonds is 7. The molecule has 0 spiro atoms. The number of carbonyl (C=O) groups is 1. The van der Waals surface area contributed by atoms with E-state index in [0.29, 0.717) is 16.7 Å². The first-order chi connectivity index (χ1) is 15.9. The van der Waals surface area contributed by atoms with Crippen LogP contribution in [0, 0.1) is 11.6 Å². The summed E-state index contributed by atoms with van der Waals surface area (Å²) < 4.78 is 62.4. The van der Waals surface area contributed by atoms with Crippen LogP contribution < -0.4 is 20.1 Å². The standard InChI is InChI=1S/C22H16F4N4O3/c23-15-4-3-5-16(24)14(15)11-32-12-8-9-13-18(10-12)29-30-20(13)28-22(31)27-17-6-1-2-7-19(17)33-21(25)26/h1-10,21H,11H2,(H3,27,28,29,30,31). The monoisotopic (exact) mass is 460 g/mol. The Hall–Kier alpha value is -4.28. The van der Waals surface area contributed by atoms with Crippen molar-refractivity contribution in [1.29, 1.82) is 0 Å². The topological polar surface area (TPSA) is 88.3 Å². The quantitative estimate of drug-likeness (QED) is 0.310. The average Bonchev–Trinajstić information content (AvgIpc) is 3.16. The number of fused-ring (bicyclic) bond motifs is 1. The van der Waals surface area contributed by atoms with E-state index >= 15 is 0 Å². The van der Waals surface area contributed by atoms with Crippen LogP contribution in [-0.2, 0) is 6.61 Å². The number of alkyl halides is 2. The first kappa shape index (κ1) is 21.9. The molecule has 0 bridgehead atoms. The Labute approximate surface area is 184 Å².